The zero-order chi connectivity index (χ0) is 11.4. The average Bonchev–Trinajstić information content (AvgIpc) is 2.80. The van der Waals surface area contributed by atoms with Crippen molar-refractivity contribution < 1.29 is 9.53 Å². The highest BCUT2D eigenvalue weighted by Crippen LogP contribution is 2.28. The Bertz CT molecular complexity index is 485. The van der Waals surface area contributed by atoms with Crippen LogP contribution in [0.1, 0.15) is 16.1 Å². The Labute approximate surface area is 105 Å². The van der Waals surface area contributed by atoms with Crippen LogP contribution >= 0.6 is 27.3 Å². The smallest absolute Gasteiger partial charge is 0.153 e. The Balaban J connectivity index is 2.17. The van der Waals surface area contributed by atoms with Gasteiger partial charge in [0.1, 0.15) is 12.4 Å². The summed E-state index contributed by atoms with van der Waals surface area (Å²) in [5.41, 5.74) is 3.14. The first kappa shape index (κ1) is 11.3. The van der Waals surface area contributed by atoms with Gasteiger partial charge in [-0.15, -0.1) is 11.3 Å². The fourth-order valence-electron chi connectivity index (χ4n) is 1.23. The second-order valence-electron chi connectivity index (χ2n) is 3.04. The normalized spacial score (nSPS) is 10.1. The van der Waals surface area contributed by atoms with Gasteiger partial charge in [-0.05, 0) is 28.1 Å². The van der Waals surface area contributed by atoms with E-state index in [4.69, 9.17) is 4.74 Å². The fourth-order valence-corrected chi connectivity index (χ4v) is 2.26. The molecule has 0 bridgehead atoms. The average molecular weight is 298 g/mol. The van der Waals surface area contributed by atoms with Gasteiger partial charge in [0.2, 0.25) is 0 Å². The van der Waals surface area contributed by atoms with Gasteiger partial charge in [-0.2, -0.15) is 0 Å². The number of hydrogen-bond donors (Lipinski definition) is 0. The Morgan fingerprint density at radius 1 is 1.50 bits per heavy atom. The minimum absolute atomic E-state index is 0.368. The first-order valence-electron chi connectivity index (χ1n) is 4.55. The third kappa shape index (κ3) is 2.48. The highest BCUT2D eigenvalue weighted by atomic mass is 79.9. The maximum absolute atomic E-state index is 10.8. The van der Waals surface area contributed by atoms with Crippen LogP contribution in [0.2, 0.25) is 0 Å². The molecule has 0 aliphatic heterocycles. The molecule has 0 spiro atoms. The number of carbonyl (C=O) groups is 1. The summed E-state index contributed by atoms with van der Waals surface area (Å²) < 4.78 is 6.34. The molecule has 3 nitrogen and oxygen atoms in total. The molecule has 0 aliphatic carbocycles. The maximum Gasteiger partial charge on any atom is 0.153 e. The molecule has 0 amide bonds. The van der Waals surface area contributed by atoms with Crippen LogP contribution in [-0.2, 0) is 6.61 Å². The number of aldehydes is 1. The molecule has 0 saturated heterocycles. The van der Waals surface area contributed by atoms with Gasteiger partial charge in [-0.3, -0.25) is 4.79 Å². The molecule has 0 unspecified atom stereocenters. The Morgan fingerprint density at radius 3 is 3.06 bits per heavy atom. The van der Waals surface area contributed by atoms with Gasteiger partial charge in [-0.1, -0.05) is 6.07 Å². The van der Waals surface area contributed by atoms with E-state index in [1.165, 1.54) is 11.3 Å². The molecule has 0 radical (unpaired) electrons. The van der Waals surface area contributed by atoms with Gasteiger partial charge in [0, 0.05) is 5.38 Å². The first-order chi connectivity index (χ1) is 7.81. The third-order valence-electron chi connectivity index (χ3n) is 1.97. The van der Waals surface area contributed by atoms with E-state index < -0.39 is 0 Å². The SMILES string of the molecule is O=Cc1cccc(Br)c1OCc1cscn1. The van der Waals surface area contributed by atoms with Crippen molar-refractivity contribution >= 4 is 33.6 Å². The van der Waals surface area contributed by atoms with Crippen LogP contribution in [0.25, 0.3) is 0 Å². The Kier molecular flexibility index (Phi) is 3.69. The number of nitrogens with zero attached hydrogens (tertiary/aromatic N) is 1. The molecule has 0 aliphatic rings. The summed E-state index contributed by atoms with van der Waals surface area (Å²) in [6.45, 7) is 0.368. The number of carbonyl (C=O) groups excluding carboxylic acids is 1. The quantitative estimate of drug-likeness (QED) is 0.813. The minimum atomic E-state index is 0.368. The summed E-state index contributed by atoms with van der Waals surface area (Å²) in [7, 11) is 0. The number of aromatic nitrogens is 1. The zero-order valence-electron chi connectivity index (χ0n) is 8.22. The maximum atomic E-state index is 10.8. The van der Waals surface area contributed by atoms with E-state index in [0.29, 0.717) is 17.9 Å². The molecule has 0 atom stereocenters. The van der Waals surface area contributed by atoms with E-state index in [1.807, 2.05) is 11.4 Å². The summed E-state index contributed by atoms with van der Waals surface area (Å²) in [5.74, 6) is 0.561. The van der Waals surface area contributed by atoms with Gasteiger partial charge in [0.15, 0.2) is 6.29 Å². The van der Waals surface area contributed by atoms with Crippen molar-refractivity contribution in [1.29, 1.82) is 0 Å². The summed E-state index contributed by atoms with van der Waals surface area (Å²) in [6, 6.07) is 5.35. The highest BCUT2D eigenvalue weighted by Gasteiger charge is 2.07. The largest absolute Gasteiger partial charge is 0.485 e. The van der Waals surface area contributed by atoms with Crippen molar-refractivity contribution in [2.24, 2.45) is 0 Å². The lowest BCUT2D eigenvalue weighted by Crippen LogP contribution is -1.99. The van der Waals surface area contributed by atoms with Crippen LogP contribution in [0.4, 0.5) is 0 Å². The molecule has 1 heterocycles. The summed E-state index contributed by atoms with van der Waals surface area (Å²) in [4.78, 5) is 14.9. The second-order valence-corrected chi connectivity index (χ2v) is 4.62. The van der Waals surface area contributed by atoms with Crippen LogP contribution in [0.5, 0.6) is 5.75 Å². The molecule has 16 heavy (non-hydrogen) atoms. The van der Waals surface area contributed by atoms with Gasteiger partial charge < -0.3 is 4.74 Å². The highest BCUT2D eigenvalue weighted by molar-refractivity contribution is 9.10. The lowest BCUT2D eigenvalue weighted by molar-refractivity contribution is 0.111. The molecule has 0 saturated carbocycles. The van der Waals surface area contributed by atoms with E-state index in [-0.39, 0.29) is 0 Å². The lowest BCUT2D eigenvalue weighted by atomic mass is 10.2. The standard InChI is InChI=1S/C11H8BrNO2S/c12-10-3-1-2-8(4-14)11(10)15-5-9-6-16-7-13-9/h1-4,6-7H,5H2. The molecule has 1 aromatic carbocycles. The van der Waals surface area contributed by atoms with Gasteiger partial charge >= 0.3 is 0 Å². The number of thiazole rings is 1. The molecule has 0 fully saturated rings. The van der Waals surface area contributed by atoms with E-state index in [1.54, 1.807) is 17.6 Å². The van der Waals surface area contributed by atoms with Crippen LogP contribution in [0, 0.1) is 0 Å². The second kappa shape index (κ2) is 5.23. The number of rotatable bonds is 4. The van der Waals surface area contributed by atoms with Crippen LogP contribution in [0.3, 0.4) is 0 Å². The molecular formula is C11H8BrNO2S. The molecule has 0 N–H and O–H groups in total. The van der Waals surface area contributed by atoms with E-state index in [0.717, 1.165) is 16.5 Å². The van der Waals surface area contributed by atoms with E-state index in [2.05, 4.69) is 20.9 Å². The van der Waals surface area contributed by atoms with Crippen molar-refractivity contribution in [3.63, 3.8) is 0 Å². The van der Waals surface area contributed by atoms with Gasteiger partial charge in [0.05, 0.1) is 21.2 Å². The minimum Gasteiger partial charge on any atom is -0.485 e. The fraction of sp³-hybridized carbons (Fsp3) is 0.0909. The van der Waals surface area contributed by atoms with Crippen molar-refractivity contribution in [1.82, 2.24) is 4.98 Å². The number of ether oxygens (including phenoxy) is 1. The lowest BCUT2D eigenvalue weighted by Gasteiger charge is -2.08. The van der Waals surface area contributed by atoms with E-state index in [9.17, 15) is 4.79 Å². The Hall–Kier alpha value is -1.20. The number of hydrogen-bond acceptors (Lipinski definition) is 4. The predicted molar refractivity (Wildman–Crippen MR) is 66.0 cm³/mol. The van der Waals surface area contributed by atoms with Crippen molar-refractivity contribution in [3.8, 4) is 5.75 Å². The van der Waals surface area contributed by atoms with Crippen LogP contribution in [0.15, 0.2) is 33.6 Å². The van der Waals surface area contributed by atoms with E-state index >= 15 is 0 Å². The number of para-hydroxylation sites is 1. The van der Waals surface area contributed by atoms with Crippen molar-refractivity contribution in [3.05, 3.63) is 44.8 Å². The number of benzene rings is 1. The van der Waals surface area contributed by atoms with Crippen LogP contribution in [-0.4, -0.2) is 11.3 Å². The topological polar surface area (TPSA) is 39.2 Å². The third-order valence-corrected chi connectivity index (χ3v) is 3.23. The van der Waals surface area contributed by atoms with Crippen LogP contribution < -0.4 is 4.74 Å². The molecule has 5 heteroatoms. The van der Waals surface area contributed by atoms with Crippen molar-refractivity contribution in [2.45, 2.75) is 6.61 Å². The number of halogens is 1. The summed E-state index contributed by atoms with van der Waals surface area (Å²) in [6.07, 6.45) is 0.779. The monoisotopic (exact) mass is 297 g/mol. The summed E-state index contributed by atoms with van der Waals surface area (Å²) in [5, 5.41) is 1.91. The zero-order valence-corrected chi connectivity index (χ0v) is 10.6. The van der Waals surface area contributed by atoms with Crippen molar-refractivity contribution in [2.75, 3.05) is 0 Å². The molecule has 2 aromatic rings. The molecule has 1 aromatic heterocycles. The molecule has 2 rings (SSSR count). The predicted octanol–water partition coefficient (Wildman–Crippen LogP) is 3.30. The summed E-state index contributed by atoms with van der Waals surface area (Å²) >= 11 is 4.87. The molecule has 82 valence electrons. The van der Waals surface area contributed by atoms with Gasteiger partial charge in [0.25, 0.3) is 0 Å². The van der Waals surface area contributed by atoms with Gasteiger partial charge in [-0.25, -0.2) is 4.98 Å². The molecular weight excluding hydrogens is 290 g/mol. The first-order valence-corrected chi connectivity index (χ1v) is 6.28. The Morgan fingerprint density at radius 2 is 2.38 bits per heavy atom.